The van der Waals surface area contributed by atoms with Crippen LogP contribution in [0, 0.1) is 0 Å². The molecular formula is C20H26N2O9S2. The summed E-state index contributed by atoms with van der Waals surface area (Å²) >= 11 is 0.931. The van der Waals surface area contributed by atoms with Crippen LogP contribution in [0.4, 0.5) is 5.69 Å². The second-order valence-electron chi connectivity index (χ2n) is 7.42. The minimum Gasteiger partial charge on any atom is -0.394 e. The number of hydrogen-bond donors (Lipinski definition) is 7. The van der Waals surface area contributed by atoms with Crippen LogP contribution < -0.4 is 10.6 Å². The highest BCUT2D eigenvalue weighted by atomic mass is 32.2. The van der Waals surface area contributed by atoms with Crippen LogP contribution in [0.25, 0.3) is 10.8 Å². The summed E-state index contributed by atoms with van der Waals surface area (Å²) < 4.78 is 37.9. The monoisotopic (exact) mass is 502 g/mol. The molecule has 33 heavy (non-hydrogen) atoms. The minimum absolute atomic E-state index is 0.0886. The molecule has 2 aromatic rings. The number of carbonyl (C=O) groups excluding carboxylic acids is 1. The van der Waals surface area contributed by atoms with Crippen LogP contribution in [0.15, 0.2) is 41.3 Å². The number of fused-ring (bicyclic) bond motifs is 1. The van der Waals surface area contributed by atoms with Gasteiger partial charge < -0.3 is 35.8 Å². The van der Waals surface area contributed by atoms with Gasteiger partial charge in [0, 0.05) is 29.5 Å². The van der Waals surface area contributed by atoms with Crippen molar-refractivity contribution in [1.29, 1.82) is 0 Å². The van der Waals surface area contributed by atoms with Crippen molar-refractivity contribution in [3.8, 4) is 0 Å². The van der Waals surface area contributed by atoms with E-state index < -0.39 is 46.6 Å². The Balaban J connectivity index is 1.50. The second-order valence-corrected chi connectivity index (χ2v) is 9.89. The first-order valence-electron chi connectivity index (χ1n) is 10.1. The predicted molar refractivity (Wildman–Crippen MR) is 121 cm³/mol. The third-order valence-corrected chi connectivity index (χ3v) is 7.21. The van der Waals surface area contributed by atoms with Crippen LogP contribution in [0.5, 0.6) is 0 Å². The summed E-state index contributed by atoms with van der Waals surface area (Å²) in [7, 11) is -4.37. The molecule has 3 rings (SSSR count). The molecule has 0 saturated carbocycles. The van der Waals surface area contributed by atoms with E-state index in [9.17, 15) is 38.2 Å². The van der Waals surface area contributed by atoms with E-state index in [4.69, 9.17) is 4.74 Å². The second kappa shape index (κ2) is 11.0. The molecule has 182 valence electrons. The number of anilines is 1. The van der Waals surface area contributed by atoms with E-state index in [1.165, 1.54) is 12.1 Å². The fourth-order valence-corrected chi connectivity index (χ4v) is 5.18. The average molecular weight is 503 g/mol. The maximum Gasteiger partial charge on any atom is 0.295 e. The zero-order valence-electron chi connectivity index (χ0n) is 17.4. The Kier molecular flexibility index (Phi) is 8.53. The number of carbonyl (C=O) groups is 1. The summed E-state index contributed by atoms with van der Waals surface area (Å²) in [6.07, 6.45) is -5.40. The molecule has 1 aliphatic rings. The zero-order valence-corrected chi connectivity index (χ0v) is 19.0. The minimum atomic E-state index is -4.37. The largest absolute Gasteiger partial charge is 0.394 e. The molecule has 1 amide bonds. The Morgan fingerprint density at radius 2 is 1.70 bits per heavy atom. The fraction of sp³-hybridized carbons (Fsp3) is 0.450. The Bertz CT molecular complexity index is 1080. The van der Waals surface area contributed by atoms with Crippen molar-refractivity contribution in [2.24, 2.45) is 0 Å². The first kappa shape index (κ1) is 25.6. The average Bonchev–Trinajstić information content (AvgIpc) is 2.79. The summed E-state index contributed by atoms with van der Waals surface area (Å²) in [5, 5.41) is 45.5. The summed E-state index contributed by atoms with van der Waals surface area (Å²) in [5.74, 6) is -0.445. The number of rotatable bonds is 9. The first-order chi connectivity index (χ1) is 15.6. The van der Waals surface area contributed by atoms with Gasteiger partial charge in [0.25, 0.3) is 10.1 Å². The number of benzene rings is 2. The van der Waals surface area contributed by atoms with Gasteiger partial charge in [-0.25, -0.2) is 0 Å². The van der Waals surface area contributed by atoms with Gasteiger partial charge in [-0.3, -0.25) is 9.35 Å². The number of ether oxygens (including phenoxy) is 1. The third kappa shape index (κ3) is 6.13. The highest BCUT2D eigenvalue weighted by Crippen LogP contribution is 2.29. The number of thioether (sulfide) groups is 1. The molecule has 0 aromatic heterocycles. The maximum atomic E-state index is 12.1. The standard InChI is InChI=1S/C20H26N2O9S2/c23-9-14-17(25)18(26)19(27)20(31-14)32-10-16(24)22-8-7-21-13-5-1-4-12-11(13)3-2-6-15(12)33(28,29)30/h1-6,14,17-21,23,25-27H,7-10H2,(H,22,24)(H,28,29,30). The maximum absolute atomic E-state index is 12.1. The summed E-state index contributed by atoms with van der Waals surface area (Å²) in [5.41, 5.74) is -0.361. The molecule has 13 heteroatoms. The predicted octanol–water partition coefficient (Wildman–Crippen LogP) is -0.852. The van der Waals surface area contributed by atoms with Crippen LogP contribution >= 0.6 is 11.8 Å². The number of hydrogen-bond acceptors (Lipinski definition) is 10. The fourth-order valence-electron chi connectivity index (χ4n) is 3.47. The van der Waals surface area contributed by atoms with E-state index in [2.05, 4.69) is 10.6 Å². The van der Waals surface area contributed by atoms with Crippen molar-refractivity contribution in [3.05, 3.63) is 36.4 Å². The van der Waals surface area contributed by atoms with Crippen LogP contribution in [0.3, 0.4) is 0 Å². The number of nitrogens with one attached hydrogen (secondary N) is 2. The molecule has 0 radical (unpaired) electrons. The Morgan fingerprint density at radius 3 is 2.39 bits per heavy atom. The molecule has 1 fully saturated rings. The van der Waals surface area contributed by atoms with Gasteiger partial charge in [-0.1, -0.05) is 24.3 Å². The topological polar surface area (TPSA) is 186 Å². The van der Waals surface area contributed by atoms with Crippen molar-refractivity contribution < 1.29 is 42.9 Å². The van der Waals surface area contributed by atoms with Gasteiger partial charge in [0.1, 0.15) is 34.7 Å². The molecule has 0 bridgehead atoms. The van der Waals surface area contributed by atoms with Gasteiger partial charge in [-0.2, -0.15) is 8.42 Å². The molecule has 7 N–H and O–H groups in total. The lowest BCUT2D eigenvalue weighted by atomic mass is 10.0. The van der Waals surface area contributed by atoms with Crippen LogP contribution in [-0.4, -0.2) is 94.6 Å². The van der Waals surface area contributed by atoms with E-state index in [0.717, 1.165) is 11.8 Å². The number of aliphatic hydroxyl groups is 4. The first-order valence-corrected chi connectivity index (χ1v) is 12.5. The van der Waals surface area contributed by atoms with Crippen molar-refractivity contribution in [3.63, 3.8) is 0 Å². The summed E-state index contributed by atoms with van der Waals surface area (Å²) in [4.78, 5) is 11.9. The van der Waals surface area contributed by atoms with Crippen LogP contribution in [0.2, 0.25) is 0 Å². The molecule has 1 saturated heterocycles. The number of amides is 1. The highest BCUT2D eigenvalue weighted by molar-refractivity contribution is 8.00. The third-order valence-electron chi connectivity index (χ3n) is 5.15. The summed E-state index contributed by atoms with van der Waals surface area (Å²) in [6.45, 7) is 0.0217. The molecule has 0 aliphatic carbocycles. The van der Waals surface area contributed by atoms with E-state index in [0.29, 0.717) is 23.0 Å². The van der Waals surface area contributed by atoms with Gasteiger partial charge in [0.2, 0.25) is 5.91 Å². The normalized spacial score (nSPS) is 25.7. The smallest absolute Gasteiger partial charge is 0.295 e. The van der Waals surface area contributed by atoms with Crippen molar-refractivity contribution in [2.45, 2.75) is 34.7 Å². The molecule has 5 unspecified atom stereocenters. The molecule has 5 atom stereocenters. The van der Waals surface area contributed by atoms with Gasteiger partial charge in [0.15, 0.2) is 0 Å². The van der Waals surface area contributed by atoms with Crippen LogP contribution in [0.1, 0.15) is 0 Å². The Labute approximate surface area is 194 Å². The van der Waals surface area contributed by atoms with Gasteiger partial charge in [-0.15, -0.1) is 11.8 Å². The lowest BCUT2D eigenvalue weighted by Gasteiger charge is -2.39. The van der Waals surface area contributed by atoms with Crippen molar-refractivity contribution in [1.82, 2.24) is 5.32 Å². The molecule has 2 aromatic carbocycles. The SMILES string of the molecule is O=C(CSC1OC(CO)C(O)C(O)C1O)NCCNc1cccc2c(S(=O)(=O)O)cccc12. The van der Waals surface area contributed by atoms with E-state index in [-0.39, 0.29) is 23.1 Å². The molecule has 1 heterocycles. The Morgan fingerprint density at radius 1 is 1.00 bits per heavy atom. The molecule has 1 aliphatic heterocycles. The van der Waals surface area contributed by atoms with Gasteiger partial charge in [0.05, 0.1) is 12.4 Å². The lowest BCUT2D eigenvalue weighted by Crippen LogP contribution is -2.57. The van der Waals surface area contributed by atoms with Crippen molar-refractivity contribution in [2.75, 3.05) is 30.8 Å². The van der Waals surface area contributed by atoms with Gasteiger partial charge >= 0.3 is 0 Å². The van der Waals surface area contributed by atoms with E-state index >= 15 is 0 Å². The van der Waals surface area contributed by atoms with E-state index in [1.54, 1.807) is 24.3 Å². The van der Waals surface area contributed by atoms with E-state index in [1.807, 2.05) is 0 Å². The quantitative estimate of drug-likeness (QED) is 0.167. The van der Waals surface area contributed by atoms with Crippen LogP contribution in [-0.2, 0) is 19.6 Å². The zero-order chi connectivity index (χ0) is 24.2. The molecule has 11 nitrogen and oxygen atoms in total. The van der Waals surface area contributed by atoms with Gasteiger partial charge in [-0.05, 0) is 12.1 Å². The molecule has 0 spiro atoms. The summed E-state index contributed by atoms with van der Waals surface area (Å²) in [6, 6.07) is 9.52. The van der Waals surface area contributed by atoms with Crippen molar-refractivity contribution >= 4 is 44.2 Å². The Hall–Kier alpha value is -1.97. The highest BCUT2D eigenvalue weighted by Gasteiger charge is 2.43. The lowest BCUT2D eigenvalue weighted by molar-refractivity contribution is -0.205. The molecular weight excluding hydrogens is 476 g/mol. The number of aliphatic hydroxyl groups excluding tert-OH is 4.